The third-order valence-electron chi connectivity index (χ3n) is 2.69. The van der Waals surface area contributed by atoms with E-state index in [1.807, 2.05) is 12.1 Å². The first-order chi connectivity index (χ1) is 8.36. The lowest BCUT2D eigenvalue weighted by Crippen LogP contribution is -1.86. The Balaban J connectivity index is 2.40. The van der Waals surface area contributed by atoms with Crippen molar-refractivity contribution in [1.29, 1.82) is 0 Å². The summed E-state index contributed by atoms with van der Waals surface area (Å²) >= 11 is 0. The van der Waals surface area contributed by atoms with E-state index in [9.17, 15) is 4.79 Å². The molecule has 0 heterocycles. The van der Waals surface area contributed by atoms with E-state index in [0.717, 1.165) is 18.3 Å². The monoisotopic (exact) mass is 228 g/mol. The van der Waals surface area contributed by atoms with E-state index in [1.54, 1.807) is 0 Å². The van der Waals surface area contributed by atoms with Crippen molar-refractivity contribution < 1.29 is 4.79 Å². The third-order valence-corrected chi connectivity index (χ3v) is 2.69. The minimum Gasteiger partial charge on any atom is -0.302 e. The maximum Gasteiger partial charge on any atom is 0.131 e. The number of aldehydes is 1. The van der Waals surface area contributed by atoms with Gasteiger partial charge < -0.3 is 4.79 Å². The van der Waals surface area contributed by atoms with Crippen LogP contribution in [0.5, 0.6) is 0 Å². The maximum atomic E-state index is 10.1. The van der Waals surface area contributed by atoms with Crippen molar-refractivity contribution in [3.05, 3.63) is 35.4 Å². The normalized spacial score (nSPS) is 9.47. The van der Waals surface area contributed by atoms with Gasteiger partial charge in [0.1, 0.15) is 6.29 Å². The number of carbonyl (C=O) groups is 1. The first kappa shape index (κ1) is 13.5. The molecule has 17 heavy (non-hydrogen) atoms. The van der Waals surface area contributed by atoms with Gasteiger partial charge in [-0.3, -0.25) is 0 Å². The van der Waals surface area contributed by atoms with Crippen LogP contribution in [0.4, 0.5) is 0 Å². The molecular formula is C16H20O. The summed E-state index contributed by atoms with van der Waals surface area (Å²) in [6.07, 6.45) is 7.50. The van der Waals surface area contributed by atoms with Crippen LogP contribution in [0.3, 0.4) is 0 Å². The first-order valence-electron chi connectivity index (χ1n) is 6.38. The zero-order chi connectivity index (χ0) is 12.3. The molecule has 0 aromatic heterocycles. The van der Waals surface area contributed by atoms with Crippen molar-refractivity contribution in [2.45, 2.75) is 45.4 Å². The zero-order valence-electron chi connectivity index (χ0n) is 10.5. The Kier molecular flexibility index (Phi) is 6.82. The standard InChI is InChI=1S/C16H20O/c1-2-3-4-5-8-15-10-12-16(13-11-15)9-6-7-14-17/h10-14H,2-5,7-8H2,1H3. The van der Waals surface area contributed by atoms with Gasteiger partial charge in [0.2, 0.25) is 0 Å². The Morgan fingerprint density at radius 3 is 2.53 bits per heavy atom. The van der Waals surface area contributed by atoms with Gasteiger partial charge in [0.05, 0.1) is 6.42 Å². The van der Waals surface area contributed by atoms with Gasteiger partial charge in [0, 0.05) is 5.56 Å². The van der Waals surface area contributed by atoms with Crippen molar-refractivity contribution in [3.63, 3.8) is 0 Å². The van der Waals surface area contributed by atoms with Gasteiger partial charge in [-0.05, 0) is 30.5 Å². The average Bonchev–Trinajstić information content (AvgIpc) is 2.37. The van der Waals surface area contributed by atoms with Crippen LogP contribution in [0.25, 0.3) is 0 Å². The molecule has 0 aliphatic heterocycles. The van der Waals surface area contributed by atoms with Gasteiger partial charge >= 0.3 is 0 Å². The predicted octanol–water partition coefficient (Wildman–Crippen LogP) is 3.75. The summed E-state index contributed by atoms with van der Waals surface area (Å²) in [5.41, 5.74) is 2.37. The lowest BCUT2D eigenvalue weighted by molar-refractivity contribution is -0.107. The highest BCUT2D eigenvalue weighted by molar-refractivity contribution is 5.54. The summed E-state index contributed by atoms with van der Waals surface area (Å²) < 4.78 is 0. The smallest absolute Gasteiger partial charge is 0.131 e. The lowest BCUT2D eigenvalue weighted by atomic mass is 10.0. The number of hydrogen-bond acceptors (Lipinski definition) is 1. The van der Waals surface area contributed by atoms with E-state index >= 15 is 0 Å². The van der Waals surface area contributed by atoms with Gasteiger partial charge in [0.15, 0.2) is 0 Å². The molecule has 0 saturated carbocycles. The maximum absolute atomic E-state index is 10.1. The molecule has 0 unspecified atom stereocenters. The molecule has 0 amide bonds. The Morgan fingerprint density at radius 2 is 1.88 bits per heavy atom. The minimum absolute atomic E-state index is 0.318. The molecule has 1 nitrogen and oxygen atoms in total. The molecule has 90 valence electrons. The van der Waals surface area contributed by atoms with E-state index in [-0.39, 0.29) is 0 Å². The second-order valence-corrected chi connectivity index (χ2v) is 4.18. The summed E-state index contributed by atoms with van der Waals surface area (Å²) in [6, 6.07) is 8.34. The number of benzene rings is 1. The second kappa shape index (κ2) is 8.58. The fourth-order valence-corrected chi connectivity index (χ4v) is 1.71. The summed E-state index contributed by atoms with van der Waals surface area (Å²) in [6.45, 7) is 2.23. The van der Waals surface area contributed by atoms with E-state index in [0.29, 0.717) is 6.42 Å². The molecule has 0 atom stereocenters. The molecule has 0 saturated heterocycles. The number of unbranched alkanes of at least 4 members (excludes halogenated alkanes) is 3. The number of hydrogen-bond donors (Lipinski definition) is 0. The van der Waals surface area contributed by atoms with Gasteiger partial charge in [-0.2, -0.15) is 0 Å². The highest BCUT2D eigenvalue weighted by atomic mass is 16.1. The highest BCUT2D eigenvalue weighted by Gasteiger charge is 1.93. The van der Waals surface area contributed by atoms with Crippen LogP contribution in [0.15, 0.2) is 24.3 Å². The molecular weight excluding hydrogens is 208 g/mol. The van der Waals surface area contributed by atoms with Crippen molar-refractivity contribution in [1.82, 2.24) is 0 Å². The molecule has 0 N–H and O–H groups in total. The van der Waals surface area contributed by atoms with Crippen LogP contribution in [0.1, 0.15) is 50.2 Å². The molecule has 0 aliphatic rings. The minimum atomic E-state index is 0.318. The summed E-state index contributed by atoms with van der Waals surface area (Å²) in [7, 11) is 0. The van der Waals surface area contributed by atoms with Crippen LogP contribution in [-0.2, 0) is 11.2 Å². The number of aryl methyl sites for hydroxylation is 1. The van der Waals surface area contributed by atoms with Crippen LogP contribution in [0.2, 0.25) is 0 Å². The highest BCUT2D eigenvalue weighted by Crippen LogP contribution is 2.09. The van der Waals surface area contributed by atoms with Crippen LogP contribution in [-0.4, -0.2) is 6.29 Å². The second-order valence-electron chi connectivity index (χ2n) is 4.18. The van der Waals surface area contributed by atoms with Crippen molar-refractivity contribution in [2.24, 2.45) is 0 Å². The predicted molar refractivity (Wildman–Crippen MR) is 71.8 cm³/mol. The molecule has 1 aromatic carbocycles. The summed E-state index contributed by atoms with van der Waals surface area (Å²) in [5.74, 6) is 5.78. The van der Waals surface area contributed by atoms with Gasteiger partial charge in [-0.15, -0.1) is 0 Å². The topological polar surface area (TPSA) is 17.1 Å². The Morgan fingerprint density at radius 1 is 1.12 bits per heavy atom. The average molecular weight is 228 g/mol. The third kappa shape index (κ3) is 5.92. The van der Waals surface area contributed by atoms with E-state index in [2.05, 4.69) is 30.9 Å². The fraction of sp³-hybridized carbons (Fsp3) is 0.438. The SMILES string of the molecule is CCCCCCc1ccc(C#CCC=O)cc1. The number of carbonyl (C=O) groups excluding carboxylic acids is 1. The first-order valence-corrected chi connectivity index (χ1v) is 6.38. The van der Waals surface area contributed by atoms with Crippen LogP contribution < -0.4 is 0 Å². The van der Waals surface area contributed by atoms with Crippen LogP contribution >= 0.6 is 0 Å². The zero-order valence-corrected chi connectivity index (χ0v) is 10.5. The van der Waals surface area contributed by atoms with E-state index in [1.165, 1.54) is 31.2 Å². The Hall–Kier alpha value is -1.55. The lowest BCUT2D eigenvalue weighted by Gasteiger charge is -2.01. The Labute approximate surface area is 104 Å². The molecule has 0 radical (unpaired) electrons. The summed E-state index contributed by atoms with van der Waals surface area (Å²) in [5, 5.41) is 0. The number of rotatable bonds is 6. The molecule has 0 aliphatic carbocycles. The van der Waals surface area contributed by atoms with Gasteiger partial charge in [-0.1, -0.05) is 50.2 Å². The van der Waals surface area contributed by atoms with Gasteiger partial charge in [0.25, 0.3) is 0 Å². The largest absolute Gasteiger partial charge is 0.302 e. The Bertz CT molecular complexity index is 378. The molecule has 0 spiro atoms. The van der Waals surface area contributed by atoms with Crippen LogP contribution in [0, 0.1) is 11.8 Å². The van der Waals surface area contributed by atoms with Crippen molar-refractivity contribution in [2.75, 3.05) is 0 Å². The van der Waals surface area contributed by atoms with Gasteiger partial charge in [-0.25, -0.2) is 0 Å². The summed E-state index contributed by atoms with van der Waals surface area (Å²) in [4.78, 5) is 10.1. The molecule has 1 aromatic rings. The van der Waals surface area contributed by atoms with Crippen molar-refractivity contribution in [3.8, 4) is 11.8 Å². The van der Waals surface area contributed by atoms with E-state index < -0.39 is 0 Å². The fourth-order valence-electron chi connectivity index (χ4n) is 1.71. The molecule has 1 heteroatoms. The quantitative estimate of drug-likeness (QED) is 0.412. The van der Waals surface area contributed by atoms with E-state index in [4.69, 9.17) is 0 Å². The van der Waals surface area contributed by atoms with Crippen molar-refractivity contribution >= 4 is 6.29 Å². The molecule has 1 rings (SSSR count). The molecule has 0 fully saturated rings. The molecule has 0 bridgehead atoms.